The first-order valence-electron chi connectivity index (χ1n) is 7.94. The van der Waals surface area contributed by atoms with Crippen molar-refractivity contribution in [2.45, 2.75) is 24.3 Å². The Kier molecular flexibility index (Phi) is 4.52. The molecule has 2 aromatic rings. The molecule has 1 saturated heterocycles. The average molecular weight is 374 g/mol. The summed E-state index contributed by atoms with van der Waals surface area (Å²) in [5, 5.41) is 18.7. The number of benzene rings is 1. The van der Waals surface area contributed by atoms with Crippen molar-refractivity contribution in [3.05, 3.63) is 41.7 Å². The number of carbonyl (C=O) groups is 1. The molecule has 3 rings (SSSR count). The molecule has 10 heteroatoms. The lowest BCUT2D eigenvalue weighted by Gasteiger charge is -2.45. The number of piperazine rings is 1. The molecule has 0 radical (unpaired) electrons. The molecule has 2 heterocycles. The minimum Gasteiger partial charge on any atom is -0.334 e. The smallest absolute Gasteiger partial charge is 0.276 e. The highest BCUT2D eigenvalue weighted by Gasteiger charge is 2.43. The predicted octanol–water partition coefficient (Wildman–Crippen LogP) is 0.602. The van der Waals surface area contributed by atoms with Crippen molar-refractivity contribution < 1.29 is 13.2 Å². The first-order chi connectivity index (χ1) is 12.3. The van der Waals surface area contributed by atoms with Crippen LogP contribution in [0.1, 0.15) is 29.9 Å². The molecule has 1 aromatic heterocycles. The van der Waals surface area contributed by atoms with Crippen LogP contribution < -0.4 is 0 Å². The van der Waals surface area contributed by atoms with Crippen molar-refractivity contribution in [3.8, 4) is 6.07 Å². The molecule has 0 atom stereocenters. The van der Waals surface area contributed by atoms with E-state index in [1.54, 1.807) is 18.7 Å². The Morgan fingerprint density at radius 1 is 1.27 bits per heavy atom. The molecule has 9 nitrogen and oxygen atoms in total. The van der Waals surface area contributed by atoms with Gasteiger partial charge in [0.05, 0.1) is 22.7 Å². The number of hydrogen-bond donors (Lipinski definition) is 1. The van der Waals surface area contributed by atoms with E-state index in [9.17, 15) is 13.2 Å². The first kappa shape index (κ1) is 18.0. The molecule has 0 bridgehead atoms. The Labute approximate surface area is 151 Å². The third-order valence-electron chi connectivity index (χ3n) is 4.32. The highest BCUT2D eigenvalue weighted by Crippen LogP contribution is 2.29. The molecule has 1 fully saturated rings. The van der Waals surface area contributed by atoms with Crippen LogP contribution in [0.2, 0.25) is 0 Å². The van der Waals surface area contributed by atoms with Gasteiger partial charge in [0, 0.05) is 25.2 Å². The van der Waals surface area contributed by atoms with Crippen molar-refractivity contribution in [1.82, 2.24) is 24.6 Å². The zero-order valence-electron chi connectivity index (χ0n) is 14.4. The van der Waals surface area contributed by atoms with E-state index in [0.717, 1.165) is 0 Å². The minimum absolute atomic E-state index is 0.126. The Morgan fingerprint density at radius 3 is 2.50 bits per heavy atom. The standard InChI is InChI=1S/C16H18N6O3S/c1-16(2)11-21(15(23)14-10-18-20-19-14)7-8-22(16)26(24,25)13-5-3-12(9-17)4-6-13/h3-6,10H,7-8,11H2,1-2H3,(H,18,19,20). The molecule has 0 saturated carbocycles. The van der Waals surface area contributed by atoms with Gasteiger partial charge in [-0.15, -0.1) is 0 Å². The summed E-state index contributed by atoms with van der Waals surface area (Å²) >= 11 is 0. The number of nitriles is 1. The molecular weight excluding hydrogens is 356 g/mol. The summed E-state index contributed by atoms with van der Waals surface area (Å²) in [4.78, 5) is 14.1. The van der Waals surface area contributed by atoms with Gasteiger partial charge in [0.25, 0.3) is 5.91 Å². The molecule has 1 aliphatic rings. The van der Waals surface area contributed by atoms with Gasteiger partial charge in [0.1, 0.15) is 0 Å². The van der Waals surface area contributed by atoms with Crippen LogP contribution in [-0.4, -0.2) is 64.1 Å². The van der Waals surface area contributed by atoms with Crippen molar-refractivity contribution in [1.29, 1.82) is 5.26 Å². The monoisotopic (exact) mass is 374 g/mol. The van der Waals surface area contributed by atoms with E-state index in [2.05, 4.69) is 15.4 Å². The number of rotatable bonds is 3. The molecule has 26 heavy (non-hydrogen) atoms. The van der Waals surface area contributed by atoms with Crippen molar-refractivity contribution in [2.75, 3.05) is 19.6 Å². The Bertz CT molecular complexity index is 945. The maximum Gasteiger partial charge on any atom is 0.276 e. The van der Waals surface area contributed by atoms with Crippen LogP contribution in [0.4, 0.5) is 0 Å². The number of aromatic amines is 1. The Morgan fingerprint density at radius 2 is 1.96 bits per heavy atom. The second-order valence-electron chi connectivity index (χ2n) is 6.61. The third kappa shape index (κ3) is 3.18. The second-order valence-corrected chi connectivity index (χ2v) is 8.47. The molecule has 0 aliphatic carbocycles. The third-order valence-corrected chi connectivity index (χ3v) is 6.44. The van der Waals surface area contributed by atoms with E-state index in [1.165, 1.54) is 34.8 Å². The van der Waals surface area contributed by atoms with Gasteiger partial charge in [-0.2, -0.15) is 25.0 Å². The zero-order valence-corrected chi connectivity index (χ0v) is 15.2. The number of nitrogens with one attached hydrogen (secondary N) is 1. The van der Waals surface area contributed by atoms with Crippen LogP contribution >= 0.6 is 0 Å². The summed E-state index contributed by atoms with van der Waals surface area (Å²) in [5.41, 5.74) is -0.208. The molecule has 0 spiro atoms. The van der Waals surface area contributed by atoms with E-state index in [4.69, 9.17) is 5.26 Å². The highest BCUT2D eigenvalue weighted by atomic mass is 32.2. The molecule has 1 amide bonds. The van der Waals surface area contributed by atoms with Crippen LogP contribution in [-0.2, 0) is 10.0 Å². The largest absolute Gasteiger partial charge is 0.334 e. The fourth-order valence-electron chi connectivity index (χ4n) is 3.05. The maximum atomic E-state index is 13.0. The number of hydrogen-bond acceptors (Lipinski definition) is 6. The number of nitrogens with zero attached hydrogens (tertiary/aromatic N) is 5. The van der Waals surface area contributed by atoms with Crippen molar-refractivity contribution in [2.24, 2.45) is 0 Å². The lowest BCUT2D eigenvalue weighted by molar-refractivity contribution is 0.0489. The average Bonchev–Trinajstić information content (AvgIpc) is 3.14. The number of sulfonamides is 1. The van der Waals surface area contributed by atoms with Gasteiger partial charge >= 0.3 is 0 Å². The van der Waals surface area contributed by atoms with E-state index in [-0.39, 0.29) is 36.1 Å². The van der Waals surface area contributed by atoms with Crippen LogP contribution in [0.3, 0.4) is 0 Å². The van der Waals surface area contributed by atoms with Crippen molar-refractivity contribution >= 4 is 15.9 Å². The zero-order chi connectivity index (χ0) is 18.9. The second kappa shape index (κ2) is 6.51. The van der Waals surface area contributed by atoms with Crippen molar-refractivity contribution in [3.63, 3.8) is 0 Å². The number of aromatic nitrogens is 3. The SMILES string of the molecule is CC1(C)CN(C(=O)c2cn[nH]n2)CCN1S(=O)(=O)c1ccc(C#N)cc1. The quantitative estimate of drug-likeness (QED) is 0.839. The molecule has 136 valence electrons. The van der Waals surface area contributed by atoms with Crippen LogP contribution in [0.25, 0.3) is 0 Å². The van der Waals surface area contributed by atoms with Crippen LogP contribution in [0.5, 0.6) is 0 Å². The number of carbonyl (C=O) groups excluding carboxylic acids is 1. The van der Waals surface area contributed by atoms with Crippen LogP contribution in [0, 0.1) is 11.3 Å². The van der Waals surface area contributed by atoms with E-state index < -0.39 is 15.6 Å². The highest BCUT2D eigenvalue weighted by molar-refractivity contribution is 7.89. The summed E-state index contributed by atoms with van der Waals surface area (Å²) in [7, 11) is -3.75. The lowest BCUT2D eigenvalue weighted by atomic mass is 10.0. The Balaban J connectivity index is 1.83. The fraction of sp³-hybridized carbons (Fsp3) is 0.375. The minimum atomic E-state index is -3.75. The van der Waals surface area contributed by atoms with Gasteiger partial charge in [-0.1, -0.05) is 0 Å². The first-order valence-corrected chi connectivity index (χ1v) is 9.38. The fourth-order valence-corrected chi connectivity index (χ4v) is 4.82. The summed E-state index contributed by atoms with van der Waals surface area (Å²) < 4.78 is 27.4. The van der Waals surface area contributed by atoms with Gasteiger partial charge in [-0.3, -0.25) is 4.79 Å². The summed E-state index contributed by atoms with van der Waals surface area (Å²) in [6, 6.07) is 7.77. The van der Waals surface area contributed by atoms with Gasteiger partial charge in [0.2, 0.25) is 10.0 Å². The summed E-state index contributed by atoms with van der Waals surface area (Å²) in [6.45, 7) is 4.20. The molecule has 1 aliphatic heterocycles. The number of H-pyrrole nitrogens is 1. The molecular formula is C16H18N6O3S. The van der Waals surface area contributed by atoms with E-state index in [1.807, 2.05) is 6.07 Å². The topological polar surface area (TPSA) is 123 Å². The molecule has 0 unspecified atom stereocenters. The van der Waals surface area contributed by atoms with E-state index >= 15 is 0 Å². The predicted molar refractivity (Wildman–Crippen MR) is 91.4 cm³/mol. The Hall–Kier alpha value is -2.77. The van der Waals surface area contributed by atoms with Gasteiger partial charge in [-0.05, 0) is 38.1 Å². The van der Waals surface area contributed by atoms with Gasteiger partial charge in [0.15, 0.2) is 5.69 Å². The normalized spacial score (nSPS) is 17.7. The van der Waals surface area contributed by atoms with Crippen LogP contribution in [0.15, 0.2) is 35.4 Å². The lowest BCUT2D eigenvalue weighted by Crippen LogP contribution is -2.61. The summed E-state index contributed by atoms with van der Waals surface area (Å²) in [6.07, 6.45) is 1.34. The van der Waals surface area contributed by atoms with Gasteiger partial charge < -0.3 is 4.90 Å². The summed E-state index contributed by atoms with van der Waals surface area (Å²) in [5.74, 6) is -0.290. The maximum absolute atomic E-state index is 13.0. The molecule has 1 aromatic carbocycles. The molecule has 1 N–H and O–H groups in total. The van der Waals surface area contributed by atoms with E-state index in [0.29, 0.717) is 5.56 Å². The van der Waals surface area contributed by atoms with Gasteiger partial charge in [-0.25, -0.2) is 8.42 Å². The number of amides is 1.